The van der Waals surface area contributed by atoms with E-state index in [-0.39, 0.29) is 28.4 Å². The second-order valence-corrected chi connectivity index (χ2v) is 10.1. The molecule has 7 nitrogen and oxygen atoms in total. The van der Waals surface area contributed by atoms with Crippen LogP contribution < -0.4 is 5.32 Å². The molecule has 0 aromatic carbocycles. The molecule has 2 aromatic rings. The van der Waals surface area contributed by atoms with Crippen LogP contribution in [0, 0.1) is 5.92 Å². The lowest BCUT2D eigenvalue weighted by Crippen LogP contribution is -2.35. The summed E-state index contributed by atoms with van der Waals surface area (Å²) in [5, 5.41) is 2.62. The van der Waals surface area contributed by atoms with Crippen molar-refractivity contribution >= 4 is 29.0 Å². The van der Waals surface area contributed by atoms with Crippen molar-refractivity contribution in [3.8, 4) is 10.4 Å². The van der Waals surface area contributed by atoms with Crippen LogP contribution in [-0.2, 0) is 10.9 Å². The molecular formula is C23H25F5N4O3S. The number of ether oxygens (including phenoxy) is 1. The predicted octanol–water partition coefficient (Wildman–Crippen LogP) is 5.48. The van der Waals surface area contributed by atoms with Crippen LogP contribution in [0.2, 0.25) is 0 Å². The van der Waals surface area contributed by atoms with E-state index in [0.29, 0.717) is 17.3 Å². The molecule has 2 aromatic heterocycles. The number of aromatic nitrogens is 2. The number of nitrogens with zero attached hydrogens (tertiary/aromatic N) is 3. The van der Waals surface area contributed by atoms with E-state index in [2.05, 4.69) is 15.3 Å². The largest absolute Gasteiger partial charge is 0.461 e. The van der Waals surface area contributed by atoms with Crippen molar-refractivity contribution in [1.29, 1.82) is 0 Å². The quantitative estimate of drug-likeness (QED) is 0.376. The van der Waals surface area contributed by atoms with E-state index in [1.165, 1.54) is 13.8 Å². The Labute approximate surface area is 208 Å². The molecular weight excluding hydrogens is 507 g/mol. The number of pyridine rings is 1. The van der Waals surface area contributed by atoms with Crippen molar-refractivity contribution < 1.29 is 36.3 Å². The summed E-state index contributed by atoms with van der Waals surface area (Å²) in [6.07, 6.45) is -2.49. The van der Waals surface area contributed by atoms with E-state index in [0.717, 1.165) is 30.0 Å². The van der Waals surface area contributed by atoms with E-state index in [9.17, 15) is 31.5 Å². The molecule has 13 heteroatoms. The molecule has 4 rings (SSSR count). The maximum Gasteiger partial charge on any atom is 0.417 e. The van der Waals surface area contributed by atoms with Gasteiger partial charge in [0.1, 0.15) is 11.5 Å². The van der Waals surface area contributed by atoms with E-state index < -0.39 is 59.8 Å². The van der Waals surface area contributed by atoms with E-state index in [1.54, 1.807) is 0 Å². The molecule has 3 heterocycles. The van der Waals surface area contributed by atoms with Crippen LogP contribution in [0.5, 0.6) is 0 Å². The van der Waals surface area contributed by atoms with Crippen LogP contribution in [0.25, 0.3) is 10.4 Å². The molecule has 1 saturated heterocycles. The molecule has 196 valence electrons. The number of carbonyl (C=O) groups excluding carboxylic acids is 2. The van der Waals surface area contributed by atoms with Gasteiger partial charge in [0, 0.05) is 30.3 Å². The number of halogens is 5. The van der Waals surface area contributed by atoms with Gasteiger partial charge in [0.15, 0.2) is 0 Å². The summed E-state index contributed by atoms with van der Waals surface area (Å²) < 4.78 is 75.3. The highest BCUT2D eigenvalue weighted by atomic mass is 32.1. The minimum absolute atomic E-state index is 0.0151. The van der Waals surface area contributed by atoms with Crippen LogP contribution in [0.15, 0.2) is 12.3 Å². The van der Waals surface area contributed by atoms with Gasteiger partial charge in [-0.15, -0.1) is 11.3 Å². The fourth-order valence-corrected chi connectivity index (χ4v) is 5.22. The highest BCUT2D eigenvalue weighted by molar-refractivity contribution is 7.17. The van der Waals surface area contributed by atoms with Gasteiger partial charge < -0.3 is 15.0 Å². The Kier molecular flexibility index (Phi) is 6.97. The Morgan fingerprint density at radius 2 is 2.03 bits per heavy atom. The lowest BCUT2D eigenvalue weighted by atomic mass is 10.1. The fourth-order valence-electron chi connectivity index (χ4n) is 4.24. The van der Waals surface area contributed by atoms with E-state index in [4.69, 9.17) is 4.74 Å². The topological polar surface area (TPSA) is 84.4 Å². The third kappa shape index (κ3) is 5.45. The fraction of sp³-hybridized carbons (Fsp3) is 0.565. The monoisotopic (exact) mass is 532 g/mol. The summed E-state index contributed by atoms with van der Waals surface area (Å²) in [5.74, 6) is -4.68. The standard InChI is InChI=1S/C23H25F5N4O3S/c1-4-35-21(34)19-31-17(20(33)32-10-22(24,25)8-11(32)2)18(36-19)14-9-29-16(7-15(14)23(26,27)28)30-12(3)13-5-6-13/h7,9,11-13H,4-6,8,10H2,1-3H3,(H,29,30)/t11-,12?/m0/s1. The molecule has 2 atom stereocenters. The summed E-state index contributed by atoms with van der Waals surface area (Å²) in [6.45, 7) is 3.89. The van der Waals surface area contributed by atoms with Crippen molar-refractivity contribution in [2.24, 2.45) is 5.92 Å². The minimum Gasteiger partial charge on any atom is -0.461 e. The van der Waals surface area contributed by atoms with Gasteiger partial charge in [0.2, 0.25) is 5.01 Å². The smallest absolute Gasteiger partial charge is 0.417 e. The number of alkyl halides is 5. The lowest BCUT2D eigenvalue weighted by molar-refractivity contribution is -0.137. The predicted molar refractivity (Wildman–Crippen MR) is 122 cm³/mol. The molecule has 1 aliphatic heterocycles. The van der Waals surface area contributed by atoms with Gasteiger partial charge >= 0.3 is 12.1 Å². The summed E-state index contributed by atoms with van der Waals surface area (Å²) in [7, 11) is 0. The number of anilines is 1. The molecule has 2 fully saturated rings. The third-order valence-corrected chi connectivity index (χ3v) is 7.30. The number of likely N-dealkylation sites (tertiary alicyclic amines) is 1. The molecule has 1 amide bonds. The van der Waals surface area contributed by atoms with Gasteiger partial charge in [0.05, 0.1) is 23.6 Å². The highest BCUT2D eigenvalue weighted by Crippen LogP contribution is 2.43. The summed E-state index contributed by atoms with van der Waals surface area (Å²) in [6, 6.07) is -0.0960. The Morgan fingerprint density at radius 1 is 1.33 bits per heavy atom. The van der Waals surface area contributed by atoms with Gasteiger partial charge in [-0.1, -0.05) is 0 Å². The number of amides is 1. The first kappa shape index (κ1) is 26.2. The number of nitrogens with one attached hydrogen (secondary N) is 1. The lowest BCUT2D eigenvalue weighted by Gasteiger charge is -2.21. The average Bonchev–Trinajstić information content (AvgIpc) is 3.48. The van der Waals surface area contributed by atoms with Gasteiger partial charge in [-0.2, -0.15) is 13.2 Å². The first-order valence-electron chi connectivity index (χ1n) is 11.5. The summed E-state index contributed by atoms with van der Waals surface area (Å²) in [5.41, 5.74) is -2.08. The second-order valence-electron chi connectivity index (χ2n) is 9.14. The SMILES string of the molecule is CCOC(=O)c1nc(C(=O)N2CC(F)(F)C[C@@H]2C)c(-c2cnc(NC(C)C3CC3)cc2C(F)(F)F)s1. The first-order valence-corrected chi connectivity index (χ1v) is 12.3. The molecule has 1 unspecified atom stereocenters. The molecule has 0 bridgehead atoms. The zero-order valence-electron chi connectivity index (χ0n) is 19.8. The Hall–Kier alpha value is -2.83. The number of hydrogen-bond acceptors (Lipinski definition) is 7. The number of esters is 1. The van der Waals surface area contributed by atoms with Crippen LogP contribution >= 0.6 is 11.3 Å². The maximum absolute atomic E-state index is 14.1. The molecule has 36 heavy (non-hydrogen) atoms. The third-order valence-electron chi connectivity index (χ3n) is 6.23. The van der Waals surface area contributed by atoms with Crippen molar-refractivity contribution in [1.82, 2.24) is 14.9 Å². The summed E-state index contributed by atoms with van der Waals surface area (Å²) >= 11 is 0.533. The van der Waals surface area contributed by atoms with Crippen LogP contribution in [0.1, 0.15) is 65.9 Å². The van der Waals surface area contributed by atoms with Crippen LogP contribution in [0.4, 0.5) is 27.8 Å². The van der Waals surface area contributed by atoms with Gasteiger partial charge in [-0.3, -0.25) is 4.79 Å². The minimum atomic E-state index is -4.83. The van der Waals surface area contributed by atoms with Gasteiger partial charge in [-0.25, -0.2) is 23.5 Å². The normalized spacial score (nSPS) is 20.3. The van der Waals surface area contributed by atoms with Crippen molar-refractivity contribution in [2.45, 2.75) is 64.2 Å². The van der Waals surface area contributed by atoms with Crippen LogP contribution in [-0.4, -0.2) is 57.9 Å². The zero-order valence-corrected chi connectivity index (χ0v) is 20.6. The van der Waals surface area contributed by atoms with Gasteiger partial charge in [0.25, 0.3) is 11.8 Å². The second kappa shape index (κ2) is 9.56. The van der Waals surface area contributed by atoms with E-state index >= 15 is 0 Å². The Bertz CT molecular complexity index is 1170. The number of rotatable bonds is 7. The van der Waals surface area contributed by atoms with Crippen molar-refractivity contribution in [2.75, 3.05) is 18.5 Å². The highest BCUT2D eigenvalue weighted by Gasteiger charge is 2.46. The van der Waals surface area contributed by atoms with E-state index in [1.807, 2.05) is 6.92 Å². The molecule has 1 N–H and O–H groups in total. The Balaban J connectivity index is 1.80. The van der Waals surface area contributed by atoms with Gasteiger partial charge in [-0.05, 0) is 45.6 Å². The molecule has 1 aliphatic carbocycles. The van der Waals surface area contributed by atoms with Crippen LogP contribution in [0.3, 0.4) is 0 Å². The number of thiazole rings is 1. The molecule has 0 spiro atoms. The average molecular weight is 533 g/mol. The zero-order chi connectivity index (χ0) is 26.4. The molecule has 2 aliphatic rings. The number of hydrogen-bond donors (Lipinski definition) is 1. The first-order chi connectivity index (χ1) is 16.8. The molecule has 1 saturated carbocycles. The van der Waals surface area contributed by atoms with Crippen molar-refractivity contribution in [3.05, 3.63) is 28.5 Å². The van der Waals surface area contributed by atoms with Crippen molar-refractivity contribution in [3.63, 3.8) is 0 Å². The Morgan fingerprint density at radius 3 is 2.58 bits per heavy atom. The maximum atomic E-state index is 14.1. The summed E-state index contributed by atoms with van der Waals surface area (Å²) in [4.78, 5) is 34.2. The number of carbonyl (C=O) groups is 2. The molecule has 0 radical (unpaired) electrons.